The summed E-state index contributed by atoms with van der Waals surface area (Å²) in [5.41, 5.74) is 6.22. The Balaban J connectivity index is 1.67. The van der Waals surface area contributed by atoms with Gasteiger partial charge in [0.15, 0.2) is 6.61 Å². The fourth-order valence-electron chi connectivity index (χ4n) is 1.60. The van der Waals surface area contributed by atoms with Crippen LogP contribution in [0.3, 0.4) is 0 Å². The van der Waals surface area contributed by atoms with Crippen LogP contribution in [0.4, 0.5) is 0 Å². The highest BCUT2D eigenvalue weighted by Crippen LogP contribution is 2.18. The third kappa shape index (κ3) is 5.39. The molecule has 0 aromatic heterocycles. The highest BCUT2D eigenvalue weighted by Gasteiger charge is 2.23. The van der Waals surface area contributed by atoms with Crippen molar-refractivity contribution in [3.8, 4) is 5.75 Å². The summed E-state index contributed by atoms with van der Waals surface area (Å²) in [6.45, 7) is -0.178. The van der Waals surface area contributed by atoms with Gasteiger partial charge in [-0.3, -0.25) is 9.59 Å². The van der Waals surface area contributed by atoms with Crippen LogP contribution >= 0.6 is 12.2 Å². The summed E-state index contributed by atoms with van der Waals surface area (Å²) in [5.74, 6) is 0.0126. The van der Waals surface area contributed by atoms with Gasteiger partial charge in [0.05, 0.1) is 6.54 Å². The first-order valence-corrected chi connectivity index (χ1v) is 7.04. The molecule has 1 aromatic rings. The van der Waals surface area contributed by atoms with Crippen molar-refractivity contribution in [1.29, 1.82) is 0 Å². The fourth-order valence-corrected chi connectivity index (χ4v) is 1.74. The summed E-state index contributed by atoms with van der Waals surface area (Å²) < 4.78 is 5.30. The van der Waals surface area contributed by atoms with E-state index in [1.54, 1.807) is 24.3 Å². The molecule has 1 aliphatic carbocycles. The fraction of sp³-hybridized carbons (Fsp3) is 0.357. The van der Waals surface area contributed by atoms with E-state index >= 15 is 0 Å². The van der Waals surface area contributed by atoms with Crippen molar-refractivity contribution < 1.29 is 14.3 Å². The molecule has 1 fully saturated rings. The number of carbonyl (C=O) groups is 2. The number of nitrogens with two attached hydrogens (primary N) is 1. The molecule has 0 unspecified atom stereocenters. The monoisotopic (exact) mass is 307 g/mol. The molecule has 1 aromatic carbocycles. The smallest absolute Gasteiger partial charge is 0.258 e. The lowest BCUT2D eigenvalue weighted by Gasteiger charge is -2.08. The topological polar surface area (TPSA) is 93.4 Å². The lowest BCUT2D eigenvalue weighted by atomic mass is 10.2. The number of amides is 2. The van der Waals surface area contributed by atoms with Crippen LogP contribution in [0.5, 0.6) is 5.75 Å². The number of thiocarbonyl (C=S) groups is 1. The predicted octanol–water partition coefficient (Wildman–Crippen LogP) is 0.0944. The molecular weight excluding hydrogens is 290 g/mol. The Morgan fingerprint density at radius 2 is 1.90 bits per heavy atom. The third-order valence-electron chi connectivity index (χ3n) is 2.90. The highest BCUT2D eigenvalue weighted by atomic mass is 32.1. The molecule has 21 heavy (non-hydrogen) atoms. The average molecular weight is 307 g/mol. The molecule has 112 valence electrons. The van der Waals surface area contributed by atoms with Gasteiger partial charge in [-0.15, -0.1) is 0 Å². The van der Waals surface area contributed by atoms with Gasteiger partial charge < -0.3 is 21.1 Å². The predicted molar refractivity (Wildman–Crippen MR) is 82.0 cm³/mol. The Morgan fingerprint density at radius 1 is 1.24 bits per heavy atom. The molecule has 6 nitrogen and oxygen atoms in total. The summed E-state index contributed by atoms with van der Waals surface area (Å²) in [6.07, 6.45) is 2.04. The molecular formula is C14H17N3O3S. The SMILES string of the molecule is NC(=S)c1ccc(OCC(=O)NCC(=O)NC2CC2)cc1. The van der Waals surface area contributed by atoms with E-state index < -0.39 is 0 Å². The van der Waals surface area contributed by atoms with E-state index in [2.05, 4.69) is 10.6 Å². The van der Waals surface area contributed by atoms with E-state index in [0.717, 1.165) is 18.4 Å². The van der Waals surface area contributed by atoms with E-state index in [1.807, 2.05) is 0 Å². The molecule has 0 saturated heterocycles. The van der Waals surface area contributed by atoms with E-state index in [-0.39, 0.29) is 31.0 Å². The molecule has 0 heterocycles. The van der Waals surface area contributed by atoms with Gasteiger partial charge in [-0.2, -0.15) is 0 Å². The van der Waals surface area contributed by atoms with Gasteiger partial charge in [-0.05, 0) is 37.1 Å². The zero-order chi connectivity index (χ0) is 15.2. The number of benzene rings is 1. The summed E-state index contributed by atoms with van der Waals surface area (Å²) in [4.78, 5) is 23.2. The van der Waals surface area contributed by atoms with E-state index in [1.165, 1.54) is 0 Å². The van der Waals surface area contributed by atoms with Crippen LogP contribution in [-0.4, -0.2) is 36.0 Å². The quantitative estimate of drug-likeness (QED) is 0.621. The van der Waals surface area contributed by atoms with Crippen LogP contribution < -0.4 is 21.1 Å². The first-order valence-electron chi connectivity index (χ1n) is 6.63. The second-order valence-corrected chi connectivity index (χ2v) is 5.24. The van der Waals surface area contributed by atoms with Crippen LogP contribution in [0.25, 0.3) is 0 Å². The van der Waals surface area contributed by atoms with Crippen molar-refractivity contribution in [1.82, 2.24) is 10.6 Å². The number of ether oxygens (including phenoxy) is 1. The van der Waals surface area contributed by atoms with E-state index in [9.17, 15) is 9.59 Å². The lowest BCUT2D eigenvalue weighted by molar-refractivity contribution is -0.127. The maximum atomic E-state index is 11.5. The molecule has 0 atom stereocenters. The minimum Gasteiger partial charge on any atom is -0.484 e. The molecule has 0 aliphatic heterocycles. The maximum absolute atomic E-state index is 11.5. The third-order valence-corrected chi connectivity index (χ3v) is 3.13. The zero-order valence-electron chi connectivity index (χ0n) is 11.4. The van der Waals surface area contributed by atoms with Crippen molar-refractivity contribution in [3.63, 3.8) is 0 Å². The number of nitrogens with one attached hydrogen (secondary N) is 2. The zero-order valence-corrected chi connectivity index (χ0v) is 12.2. The maximum Gasteiger partial charge on any atom is 0.258 e. The normalized spacial score (nSPS) is 13.3. The van der Waals surface area contributed by atoms with Crippen molar-refractivity contribution in [3.05, 3.63) is 29.8 Å². The highest BCUT2D eigenvalue weighted by molar-refractivity contribution is 7.80. The molecule has 0 spiro atoms. The van der Waals surface area contributed by atoms with Crippen molar-refractivity contribution in [2.24, 2.45) is 5.73 Å². The van der Waals surface area contributed by atoms with Crippen LogP contribution in [0, 0.1) is 0 Å². The Labute approximate surface area is 128 Å². The van der Waals surface area contributed by atoms with Gasteiger partial charge in [0.25, 0.3) is 5.91 Å². The molecule has 1 aliphatic rings. The number of carbonyl (C=O) groups excluding carboxylic acids is 2. The Bertz CT molecular complexity index is 541. The Morgan fingerprint density at radius 3 is 2.48 bits per heavy atom. The average Bonchev–Trinajstić information content (AvgIpc) is 3.27. The number of hydrogen-bond donors (Lipinski definition) is 3. The van der Waals surface area contributed by atoms with E-state index in [0.29, 0.717) is 10.7 Å². The van der Waals surface area contributed by atoms with Gasteiger partial charge in [0.2, 0.25) is 5.91 Å². The standard InChI is InChI=1S/C14H17N3O3S/c15-14(21)9-1-5-11(6-2-9)20-8-13(19)16-7-12(18)17-10-3-4-10/h1-2,5-6,10H,3-4,7-8H2,(H2,15,21)(H,16,19)(H,17,18). The summed E-state index contributed by atoms with van der Waals surface area (Å²) >= 11 is 4.84. The van der Waals surface area contributed by atoms with Crippen LogP contribution in [-0.2, 0) is 9.59 Å². The molecule has 1 saturated carbocycles. The molecule has 2 rings (SSSR count). The van der Waals surface area contributed by atoms with Gasteiger partial charge in [-0.1, -0.05) is 12.2 Å². The Kier molecular flexibility index (Phi) is 5.10. The van der Waals surface area contributed by atoms with Crippen molar-refractivity contribution >= 4 is 29.0 Å². The van der Waals surface area contributed by atoms with Gasteiger partial charge in [0.1, 0.15) is 10.7 Å². The van der Waals surface area contributed by atoms with Crippen molar-refractivity contribution in [2.75, 3.05) is 13.2 Å². The second kappa shape index (κ2) is 7.03. The summed E-state index contributed by atoms with van der Waals surface area (Å²) in [7, 11) is 0. The number of rotatable bonds is 7. The molecule has 0 bridgehead atoms. The Hall–Kier alpha value is -2.15. The number of hydrogen-bond acceptors (Lipinski definition) is 4. The van der Waals surface area contributed by atoms with Crippen LogP contribution in [0.1, 0.15) is 18.4 Å². The first-order chi connectivity index (χ1) is 10.0. The molecule has 0 radical (unpaired) electrons. The van der Waals surface area contributed by atoms with Gasteiger partial charge in [0, 0.05) is 11.6 Å². The van der Waals surface area contributed by atoms with Crippen LogP contribution in [0.15, 0.2) is 24.3 Å². The molecule has 4 N–H and O–H groups in total. The first kappa shape index (κ1) is 15.2. The summed E-state index contributed by atoms with van der Waals surface area (Å²) in [6, 6.07) is 7.10. The van der Waals surface area contributed by atoms with Crippen LogP contribution in [0.2, 0.25) is 0 Å². The van der Waals surface area contributed by atoms with Crippen molar-refractivity contribution in [2.45, 2.75) is 18.9 Å². The lowest BCUT2D eigenvalue weighted by Crippen LogP contribution is -2.39. The largest absolute Gasteiger partial charge is 0.484 e. The van der Waals surface area contributed by atoms with Gasteiger partial charge >= 0.3 is 0 Å². The second-order valence-electron chi connectivity index (χ2n) is 4.80. The minimum absolute atomic E-state index is 0.0287. The van der Waals surface area contributed by atoms with Gasteiger partial charge in [-0.25, -0.2) is 0 Å². The summed E-state index contributed by atoms with van der Waals surface area (Å²) in [5, 5.41) is 5.28. The van der Waals surface area contributed by atoms with E-state index in [4.69, 9.17) is 22.7 Å². The molecule has 2 amide bonds. The molecule has 7 heteroatoms. The minimum atomic E-state index is -0.348.